The lowest BCUT2D eigenvalue weighted by Crippen LogP contribution is -2.29. The van der Waals surface area contributed by atoms with E-state index in [2.05, 4.69) is 15.6 Å². The van der Waals surface area contributed by atoms with Crippen LogP contribution in [0.2, 0.25) is 0 Å². The molecular weight excluding hydrogens is 380 g/mol. The number of benzene rings is 3. The summed E-state index contributed by atoms with van der Waals surface area (Å²) < 4.78 is 12.7. The fraction of sp³-hybridized carbons (Fsp3) is 0.174. The number of hydrogen-bond donors (Lipinski definition) is 1. The molecule has 0 bridgehead atoms. The molecule has 0 aliphatic rings. The number of aromatic nitrogens is 3. The number of nitrogens with one attached hydrogen (secondary N) is 1. The third-order valence-electron chi connectivity index (χ3n) is 4.80. The summed E-state index contributed by atoms with van der Waals surface area (Å²) >= 11 is 0. The van der Waals surface area contributed by atoms with Gasteiger partial charge in [0.05, 0.1) is 25.0 Å². The number of rotatable bonds is 7. The minimum Gasteiger partial charge on any atom is -0.497 e. The van der Waals surface area contributed by atoms with E-state index in [9.17, 15) is 4.79 Å². The van der Waals surface area contributed by atoms with Gasteiger partial charge in [-0.15, -0.1) is 5.10 Å². The maximum Gasteiger partial charge on any atom is 0.273 e. The Bertz CT molecular complexity index is 1180. The summed E-state index contributed by atoms with van der Waals surface area (Å²) in [6.07, 6.45) is 0. The maximum atomic E-state index is 12.5. The quantitative estimate of drug-likeness (QED) is 0.479. The summed E-state index contributed by atoms with van der Waals surface area (Å²) in [5.41, 5.74) is 1.70. The highest BCUT2D eigenvalue weighted by Crippen LogP contribution is 2.25. The number of carbonyl (C=O) groups excluding carboxylic acids is 1. The molecule has 0 radical (unpaired) electrons. The van der Waals surface area contributed by atoms with E-state index in [0.717, 1.165) is 22.2 Å². The van der Waals surface area contributed by atoms with Crippen LogP contribution < -0.4 is 14.8 Å². The van der Waals surface area contributed by atoms with E-state index in [1.54, 1.807) is 18.7 Å². The molecule has 152 valence electrons. The fourth-order valence-electron chi connectivity index (χ4n) is 3.26. The number of methoxy groups -OCH3 is 1. The van der Waals surface area contributed by atoms with Crippen molar-refractivity contribution in [2.24, 2.45) is 0 Å². The van der Waals surface area contributed by atoms with Crippen molar-refractivity contribution >= 4 is 16.7 Å². The molecule has 0 saturated carbocycles. The molecule has 4 aromatic rings. The van der Waals surface area contributed by atoms with Crippen LogP contribution in [0.15, 0.2) is 66.7 Å². The molecule has 1 amide bonds. The molecule has 30 heavy (non-hydrogen) atoms. The number of ether oxygens (including phenoxy) is 2. The fourth-order valence-corrected chi connectivity index (χ4v) is 3.26. The molecule has 0 saturated heterocycles. The first kappa shape index (κ1) is 19.4. The smallest absolute Gasteiger partial charge is 0.273 e. The van der Waals surface area contributed by atoms with E-state index in [-0.39, 0.29) is 11.6 Å². The summed E-state index contributed by atoms with van der Waals surface area (Å²) in [4.78, 5) is 12.5. The van der Waals surface area contributed by atoms with E-state index in [1.807, 2.05) is 66.7 Å². The molecule has 7 nitrogen and oxygen atoms in total. The summed E-state index contributed by atoms with van der Waals surface area (Å²) in [6.45, 7) is 2.51. The number of nitrogens with zero attached hydrogens (tertiary/aromatic N) is 3. The van der Waals surface area contributed by atoms with E-state index < -0.39 is 0 Å². The number of amides is 1. The van der Waals surface area contributed by atoms with Crippen LogP contribution >= 0.6 is 0 Å². The van der Waals surface area contributed by atoms with Crippen LogP contribution in [0.3, 0.4) is 0 Å². The van der Waals surface area contributed by atoms with E-state index in [0.29, 0.717) is 24.6 Å². The van der Waals surface area contributed by atoms with Crippen molar-refractivity contribution < 1.29 is 14.3 Å². The van der Waals surface area contributed by atoms with Crippen molar-refractivity contribution in [1.82, 2.24) is 20.3 Å². The Balaban J connectivity index is 1.38. The van der Waals surface area contributed by atoms with Gasteiger partial charge in [0.1, 0.15) is 18.1 Å². The highest BCUT2D eigenvalue weighted by atomic mass is 16.5. The van der Waals surface area contributed by atoms with Gasteiger partial charge in [0.2, 0.25) is 0 Å². The highest BCUT2D eigenvalue weighted by Gasteiger charge is 2.17. The average molecular weight is 402 g/mol. The summed E-state index contributed by atoms with van der Waals surface area (Å²) in [6, 6.07) is 21.4. The normalized spacial score (nSPS) is 10.7. The second-order valence-electron chi connectivity index (χ2n) is 6.72. The summed E-state index contributed by atoms with van der Waals surface area (Å²) in [7, 11) is 1.60. The average Bonchev–Trinajstić information content (AvgIpc) is 3.18. The standard InChI is InChI=1S/C23H22N4O3/c1-16-22(25-26-27(16)18-9-6-10-19(15-18)29-2)23(28)24-13-14-30-21-12-5-8-17-7-3-4-11-20(17)21/h3-12,15H,13-14H2,1-2H3,(H,24,28). The Morgan fingerprint density at radius 3 is 2.73 bits per heavy atom. The van der Waals surface area contributed by atoms with Crippen LogP contribution in [-0.2, 0) is 0 Å². The molecule has 0 spiro atoms. The molecule has 1 N–H and O–H groups in total. The molecule has 3 aromatic carbocycles. The molecule has 0 aliphatic heterocycles. The largest absolute Gasteiger partial charge is 0.497 e. The Morgan fingerprint density at radius 2 is 1.87 bits per heavy atom. The third kappa shape index (κ3) is 3.96. The topological polar surface area (TPSA) is 78.3 Å². The zero-order valence-corrected chi connectivity index (χ0v) is 16.8. The number of carbonyl (C=O) groups is 1. The van der Waals surface area contributed by atoms with Gasteiger partial charge in [-0.25, -0.2) is 4.68 Å². The Morgan fingerprint density at radius 1 is 1.07 bits per heavy atom. The van der Waals surface area contributed by atoms with Crippen LogP contribution in [-0.4, -0.2) is 41.2 Å². The van der Waals surface area contributed by atoms with E-state index in [1.165, 1.54) is 0 Å². The molecule has 0 unspecified atom stereocenters. The van der Waals surface area contributed by atoms with Crippen LogP contribution in [0.1, 0.15) is 16.2 Å². The molecule has 4 rings (SSSR count). The van der Waals surface area contributed by atoms with Gasteiger partial charge in [0.25, 0.3) is 5.91 Å². The van der Waals surface area contributed by atoms with Gasteiger partial charge in [-0.1, -0.05) is 47.7 Å². The lowest BCUT2D eigenvalue weighted by Gasteiger charge is -2.10. The first-order valence-corrected chi connectivity index (χ1v) is 9.63. The van der Waals surface area contributed by atoms with E-state index >= 15 is 0 Å². The van der Waals surface area contributed by atoms with Gasteiger partial charge in [-0.05, 0) is 30.5 Å². The van der Waals surface area contributed by atoms with Crippen LogP contribution in [0.25, 0.3) is 16.5 Å². The number of hydrogen-bond acceptors (Lipinski definition) is 5. The summed E-state index contributed by atoms with van der Waals surface area (Å²) in [5, 5.41) is 13.2. The van der Waals surface area contributed by atoms with Crippen molar-refractivity contribution in [3.8, 4) is 17.2 Å². The lowest BCUT2D eigenvalue weighted by molar-refractivity contribution is 0.0941. The van der Waals surface area contributed by atoms with Crippen LogP contribution in [0.5, 0.6) is 11.5 Å². The van der Waals surface area contributed by atoms with Gasteiger partial charge < -0.3 is 14.8 Å². The minimum atomic E-state index is -0.289. The molecular formula is C23H22N4O3. The SMILES string of the molecule is COc1cccc(-n2nnc(C(=O)NCCOc3cccc4ccccc34)c2C)c1. The van der Waals surface area contributed by atoms with Crippen LogP contribution in [0.4, 0.5) is 0 Å². The molecule has 0 fully saturated rings. The van der Waals surface area contributed by atoms with Crippen molar-refractivity contribution in [1.29, 1.82) is 0 Å². The van der Waals surface area contributed by atoms with Crippen molar-refractivity contribution in [2.75, 3.05) is 20.3 Å². The Kier molecular flexibility index (Phi) is 5.61. The van der Waals surface area contributed by atoms with E-state index in [4.69, 9.17) is 9.47 Å². The predicted octanol–water partition coefficient (Wildman–Crippen LogP) is 3.55. The van der Waals surface area contributed by atoms with Crippen molar-refractivity contribution in [3.63, 3.8) is 0 Å². The zero-order valence-electron chi connectivity index (χ0n) is 16.8. The first-order valence-electron chi connectivity index (χ1n) is 9.63. The van der Waals surface area contributed by atoms with Gasteiger partial charge in [0, 0.05) is 11.5 Å². The summed E-state index contributed by atoms with van der Waals surface area (Å²) in [5.74, 6) is 1.21. The van der Waals surface area contributed by atoms with Gasteiger partial charge in [0.15, 0.2) is 5.69 Å². The molecule has 1 heterocycles. The molecule has 7 heteroatoms. The predicted molar refractivity (Wildman–Crippen MR) is 114 cm³/mol. The molecule has 1 aromatic heterocycles. The second kappa shape index (κ2) is 8.65. The Labute approximate surface area is 174 Å². The van der Waals surface area contributed by atoms with Crippen LogP contribution in [0, 0.1) is 6.92 Å². The van der Waals surface area contributed by atoms with Gasteiger partial charge in [-0.3, -0.25) is 4.79 Å². The Hall–Kier alpha value is -3.87. The molecule has 0 aliphatic carbocycles. The van der Waals surface area contributed by atoms with Crippen molar-refractivity contribution in [2.45, 2.75) is 6.92 Å². The monoisotopic (exact) mass is 402 g/mol. The lowest BCUT2D eigenvalue weighted by atomic mass is 10.1. The van der Waals surface area contributed by atoms with Crippen molar-refractivity contribution in [3.05, 3.63) is 78.1 Å². The first-order chi connectivity index (χ1) is 14.7. The zero-order chi connectivity index (χ0) is 20.9. The molecule has 0 atom stereocenters. The highest BCUT2D eigenvalue weighted by molar-refractivity contribution is 5.93. The second-order valence-corrected chi connectivity index (χ2v) is 6.72. The third-order valence-corrected chi connectivity index (χ3v) is 4.80. The minimum absolute atomic E-state index is 0.281. The van der Waals surface area contributed by atoms with Gasteiger partial charge in [-0.2, -0.15) is 0 Å². The van der Waals surface area contributed by atoms with Gasteiger partial charge >= 0.3 is 0 Å². The maximum absolute atomic E-state index is 12.5. The number of fused-ring (bicyclic) bond motifs is 1.